The second kappa shape index (κ2) is 5.31. The van der Waals surface area contributed by atoms with Crippen LogP contribution in [0.2, 0.25) is 5.02 Å². The van der Waals surface area contributed by atoms with Crippen molar-refractivity contribution in [3.8, 4) is 0 Å². The molecule has 19 heavy (non-hydrogen) atoms. The number of nitrogens with zero attached hydrogens (tertiary/aromatic N) is 1. The SMILES string of the molecule is Cc1c(N)cc(S(=O)(=O)N2CCC(C)CC2)cc1Cl. The van der Waals surface area contributed by atoms with Crippen molar-refractivity contribution < 1.29 is 8.42 Å². The second-order valence-electron chi connectivity index (χ2n) is 5.21. The van der Waals surface area contributed by atoms with Crippen molar-refractivity contribution in [1.82, 2.24) is 4.31 Å². The molecule has 0 aromatic heterocycles. The lowest BCUT2D eigenvalue weighted by Crippen LogP contribution is -2.37. The van der Waals surface area contributed by atoms with E-state index >= 15 is 0 Å². The quantitative estimate of drug-likeness (QED) is 0.854. The number of nitrogens with two attached hydrogens (primary N) is 1. The van der Waals surface area contributed by atoms with Gasteiger partial charge in [0.15, 0.2) is 0 Å². The van der Waals surface area contributed by atoms with Gasteiger partial charge < -0.3 is 5.73 Å². The first-order chi connectivity index (χ1) is 8.82. The average molecular weight is 303 g/mol. The molecular weight excluding hydrogens is 284 g/mol. The van der Waals surface area contributed by atoms with Crippen molar-refractivity contribution in [3.05, 3.63) is 22.7 Å². The Morgan fingerprint density at radius 2 is 1.89 bits per heavy atom. The maximum atomic E-state index is 12.5. The molecule has 0 aliphatic carbocycles. The maximum Gasteiger partial charge on any atom is 0.243 e. The molecule has 2 rings (SSSR count). The van der Waals surface area contributed by atoms with Crippen LogP contribution in [-0.4, -0.2) is 25.8 Å². The predicted molar refractivity (Wildman–Crippen MR) is 77.8 cm³/mol. The molecule has 0 saturated carbocycles. The molecular formula is C13H19ClN2O2S. The fourth-order valence-electron chi connectivity index (χ4n) is 2.20. The second-order valence-corrected chi connectivity index (χ2v) is 7.55. The first-order valence-electron chi connectivity index (χ1n) is 6.38. The van der Waals surface area contributed by atoms with Crippen LogP contribution in [0.25, 0.3) is 0 Å². The van der Waals surface area contributed by atoms with Crippen molar-refractivity contribution in [1.29, 1.82) is 0 Å². The highest BCUT2D eigenvalue weighted by atomic mass is 35.5. The van der Waals surface area contributed by atoms with E-state index in [0.717, 1.165) is 12.8 Å². The first-order valence-corrected chi connectivity index (χ1v) is 8.20. The fraction of sp³-hybridized carbons (Fsp3) is 0.538. The Kier molecular flexibility index (Phi) is 4.08. The van der Waals surface area contributed by atoms with Crippen LogP contribution in [0.3, 0.4) is 0 Å². The van der Waals surface area contributed by atoms with Crippen molar-refractivity contribution in [2.24, 2.45) is 5.92 Å². The zero-order valence-corrected chi connectivity index (χ0v) is 12.8. The van der Waals surface area contributed by atoms with E-state index in [0.29, 0.717) is 35.3 Å². The fourth-order valence-corrected chi connectivity index (χ4v) is 4.02. The maximum absolute atomic E-state index is 12.5. The number of piperidine rings is 1. The van der Waals surface area contributed by atoms with Crippen LogP contribution in [0.15, 0.2) is 17.0 Å². The number of rotatable bonds is 2. The van der Waals surface area contributed by atoms with Crippen LogP contribution in [-0.2, 0) is 10.0 Å². The summed E-state index contributed by atoms with van der Waals surface area (Å²) in [7, 11) is -3.48. The van der Waals surface area contributed by atoms with Gasteiger partial charge in [-0.05, 0) is 43.4 Å². The normalized spacial score (nSPS) is 18.7. The molecule has 1 aliphatic rings. The smallest absolute Gasteiger partial charge is 0.243 e. The summed E-state index contributed by atoms with van der Waals surface area (Å²) in [5.41, 5.74) is 6.93. The van der Waals surface area contributed by atoms with Crippen LogP contribution >= 0.6 is 11.6 Å². The molecule has 0 atom stereocenters. The van der Waals surface area contributed by atoms with Gasteiger partial charge in [-0.15, -0.1) is 0 Å². The number of halogens is 1. The molecule has 1 aliphatic heterocycles. The molecule has 0 radical (unpaired) electrons. The molecule has 1 aromatic rings. The molecule has 0 amide bonds. The minimum absolute atomic E-state index is 0.190. The van der Waals surface area contributed by atoms with E-state index in [1.54, 1.807) is 6.92 Å². The summed E-state index contributed by atoms with van der Waals surface area (Å²) in [6.45, 7) is 5.05. The van der Waals surface area contributed by atoms with Gasteiger partial charge >= 0.3 is 0 Å². The lowest BCUT2D eigenvalue weighted by molar-refractivity contribution is 0.288. The minimum atomic E-state index is -3.48. The predicted octanol–water partition coefficient (Wildman–Crippen LogP) is 2.65. The van der Waals surface area contributed by atoms with Crippen LogP contribution in [0.1, 0.15) is 25.3 Å². The van der Waals surface area contributed by atoms with E-state index < -0.39 is 10.0 Å². The molecule has 0 unspecified atom stereocenters. The summed E-state index contributed by atoms with van der Waals surface area (Å²) in [4.78, 5) is 0.190. The number of nitrogen functional groups attached to an aromatic ring is 1. The van der Waals surface area contributed by atoms with Gasteiger partial charge in [-0.3, -0.25) is 0 Å². The van der Waals surface area contributed by atoms with Crippen molar-refractivity contribution in [2.75, 3.05) is 18.8 Å². The molecule has 0 bridgehead atoms. The van der Waals surface area contributed by atoms with Gasteiger partial charge in [0.1, 0.15) is 0 Å². The van der Waals surface area contributed by atoms with Crippen LogP contribution in [0.5, 0.6) is 0 Å². The van der Waals surface area contributed by atoms with Gasteiger partial charge in [-0.2, -0.15) is 4.31 Å². The molecule has 1 fully saturated rings. The van der Waals surface area contributed by atoms with Crippen molar-refractivity contribution in [3.63, 3.8) is 0 Å². The Morgan fingerprint density at radius 3 is 2.42 bits per heavy atom. The zero-order valence-electron chi connectivity index (χ0n) is 11.2. The molecule has 106 valence electrons. The molecule has 6 heteroatoms. The highest BCUT2D eigenvalue weighted by Crippen LogP contribution is 2.29. The minimum Gasteiger partial charge on any atom is -0.398 e. The Hall–Kier alpha value is -0.780. The lowest BCUT2D eigenvalue weighted by atomic mass is 10.0. The van der Waals surface area contributed by atoms with E-state index in [1.807, 2.05) is 0 Å². The first kappa shape index (κ1) is 14.6. The Labute approximate surface area is 119 Å². The van der Waals surface area contributed by atoms with Gasteiger partial charge in [-0.25, -0.2) is 8.42 Å². The molecule has 4 nitrogen and oxygen atoms in total. The third-order valence-electron chi connectivity index (χ3n) is 3.74. The van der Waals surface area contributed by atoms with Gasteiger partial charge in [0.25, 0.3) is 0 Å². The summed E-state index contributed by atoms with van der Waals surface area (Å²) in [6, 6.07) is 2.98. The molecule has 2 N–H and O–H groups in total. The van der Waals surface area contributed by atoms with Crippen LogP contribution in [0, 0.1) is 12.8 Å². The molecule has 1 aromatic carbocycles. The third-order valence-corrected chi connectivity index (χ3v) is 6.01. The topological polar surface area (TPSA) is 63.4 Å². The van der Waals surface area contributed by atoms with E-state index in [4.69, 9.17) is 17.3 Å². The average Bonchev–Trinajstić information content (AvgIpc) is 2.35. The summed E-state index contributed by atoms with van der Waals surface area (Å²) in [5.74, 6) is 0.582. The molecule has 0 spiro atoms. The standard InChI is InChI=1S/C13H19ClN2O2S/c1-9-3-5-16(6-4-9)19(17,18)11-7-12(14)10(2)13(15)8-11/h7-9H,3-6,15H2,1-2H3. The zero-order chi connectivity index (χ0) is 14.2. The van der Waals surface area contributed by atoms with Gasteiger partial charge in [0.2, 0.25) is 10.0 Å². The van der Waals surface area contributed by atoms with E-state index in [1.165, 1.54) is 16.4 Å². The molecule has 1 saturated heterocycles. The Bertz CT molecular complexity index is 555. The lowest BCUT2D eigenvalue weighted by Gasteiger charge is -2.29. The molecule has 1 heterocycles. The van der Waals surface area contributed by atoms with Crippen LogP contribution in [0.4, 0.5) is 5.69 Å². The summed E-state index contributed by atoms with van der Waals surface area (Å²) in [6.07, 6.45) is 1.79. The van der Waals surface area contributed by atoms with Gasteiger partial charge in [0.05, 0.1) is 4.90 Å². The number of benzene rings is 1. The Balaban J connectivity index is 2.35. The number of sulfonamides is 1. The van der Waals surface area contributed by atoms with Crippen molar-refractivity contribution in [2.45, 2.75) is 31.6 Å². The van der Waals surface area contributed by atoms with Gasteiger partial charge in [0, 0.05) is 23.8 Å². The van der Waals surface area contributed by atoms with E-state index in [9.17, 15) is 8.42 Å². The van der Waals surface area contributed by atoms with Crippen LogP contribution < -0.4 is 5.73 Å². The number of hydrogen-bond acceptors (Lipinski definition) is 3. The Morgan fingerprint density at radius 1 is 1.32 bits per heavy atom. The third kappa shape index (κ3) is 2.88. The van der Waals surface area contributed by atoms with Gasteiger partial charge in [-0.1, -0.05) is 18.5 Å². The van der Waals surface area contributed by atoms with E-state index in [2.05, 4.69) is 6.92 Å². The number of hydrogen-bond donors (Lipinski definition) is 1. The summed E-state index contributed by atoms with van der Waals surface area (Å²) < 4.78 is 26.6. The summed E-state index contributed by atoms with van der Waals surface area (Å²) >= 11 is 6.02. The number of anilines is 1. The highest BCUT2D eigenvalue weighted by Gasteiger charge is 2.28. The highest BCUT2D eigenvalue weighted by molar-refractivity contribution is 7.89. The largest absolute Gasteiger partial charge is 0.398 e. The van der Waals surface area contributed by atoms with E-state index in [-0.39, 0.29) is 4.90 Å². The summed E-state index contributed by atoms with van der Waals surface area (Å²) in [5, 5.41) is 0.393. The monoisotopic (exact) mass is 302 g/mol. The van der Waals surface area contributed by atoms with Crippen molar-refractivity contribution >= 4 is 27.3 Å².